The monoisotopic (exact) mass is 248 g/mol. The zero-order chi connectivity index (χ0) is 13.2. The number of nitrogens with zero attached hydrogens (tertiary/aromatic N) is 1. The normalized spacial score (nSPS) is 11.5. The molecule has 0 aliphatic rings. The molecule has 0 spiro atoms. The van der Waals surface area contributed by atoms with Gasteiger partial charge in [0.1, 0.15) is 0 Å². The highest BCUT2D eigenvalue weighted by Gasteiger charge is 2.00. The number of hydrogen-bond donors (Lipinski definition) is 1. The van der Waals surface area contributed by atoms with Gasteiger partial charge in [0.15, 0.2) is 0 Å². The summed E-state index contributed by atoms with van der Waals surface area (Å²) in [6.07, 6.45) is 3.91. The van der Waals surface area contributed by atoms with E-state index in [1.807, 2.05) is 30.6 Å². The summed E-state index contributed by atoms with van der Waals surface area (Å²) in [6.45, 7) is 4.22. The van der Waals surface area contributed by atoms with Gasteiger partial charge in [-0.1, -0.05) is 24.3 Å². The molecular formula is C17H16N2. The highest BCUT2D eigenvalue weighted by molar-refractivity contribution is 5.99. The molecule has 3 rings (SSSR count). The molecule has 0 aliphatic carbocycles. The van der Waals surface area contributed by atoms with E-state index in [0.29, 0.717) is 0 Å². The van der Waals surface area contributed by atoms with Crippen LogP contribution in [0.4, 0.5) is 5.69 Å². The number of para-hydroxylation sites is 1. The lowest BCUT2D eigenvalue weighted by Gasteiger charge is -2.00. The molecule has 1 heterocycles. The first-order chi connectivity index (χ1) is 9.24. The Labute approximate surface area is 112 Å². The minimum absolute atomic E-state index is 0.994. The summed E-state index contributed by atoms with van der Waals surface area (Å²) in [5, 5.41) is 1.20. The average molecular weight is 248 g/mol. The van der Waals surface area contributed by atoms with E-state index in [1.54, 1.807) is 0 Å². The maximum Gasteiger partial charge on any atom is 0.0632 e. The van der Waals surface area contributed by atoms with Crippen molar-refractivity contribution < 1.29 is 0 Å². The Morgan fingerprint density at radius 2 is 1.84 bits per heavy atom. The van der Waals surface area contributed by atoms with Gasteiger partial charge < -0.3 is 4.98 Å². The molecule has 0 atom stereocenters. The van der Waals surface area contributed by atoms with E-state index >= 15 is 0 Å². The van der Waals surface area contributed by atoms with Crippen LogP contribution < -0.4 is 0 Å². The Balaban J connectivity index is 1.96. The maximum atomic E-state index is 4.56. The van der Waals surface area contributed by atoms with Crippen molar-refractivity contribution in [2.24, 2.45) is 4.99 Å². The number of aryl methyl sites for hydroxylation is 2. The molecule has 94 valence electrons. The summed E-state index contributed by atoms with van der Waals surface area (Å²) >= 11 is 0. The van der Waals surface area contributed by atoms with Crippen molar-refractivity contribution in [2.75, 3.05) is 0 Å². The van der Waals surface area contributed by atoms with E-state index in [2.05, 4.69) is 48.1 Å². The fourth-order valence-corrected chi connectivity index (χ4v) is 2.15. The summed E-state index contributed by atoms with van der Waals surface area (Å²) in [7, 11) is 0. The van der Waals surface area contributed by atoms with Gasteiger partial charge >= 0.3 is 0 Å². The molecule has 19 heavy (non-hydrogen) atoms. The van der Waals surface area contributed by atoms with E-state index in [4.69, 9.17) is 0 Å². The van der Waals surface area contributed by atoms with Crippen LogP contribution in [0.5, 0.6) is 0 Å². The molecule has 3 aromatic rings. The molecule has 0 saturated heterocycles. The van der Waals surface area contributed by atoms with Crippen LogP contribution in [0, 0.1) is 13.8 Å². The lowest BCUT2D eigenvalue weighted by atomic mass is 10.1. The van der Waals surface area contributed by atoms with Crippen molar-refractivity contribution in [1.82, 2.24) is 4.98 Å². The molecular weight excluding hydrogens is 232 g/mol. The molecule has 0 fully saturated rings. The fraction of sp³-hybridized carbons (Fsp3) is 0.118. The number of benzene rings is 2. The van der Waals surface area contributed by atoms with E-state index < -0.39 is 0 Å². The largest absolute Gasteiger partial charge is 0.361 e. The first-order valence-corrected chi connectivity index (χ1v) is 6.41. The number of rotatable bonds is 2. The van der Waals surface area contributed by atoms with E-state index in [1.165, 1.54) is 16.5 Å². The second-order valence-corrected chi connectivity index (χ2v) is 4.82. The average Bonchev–Trinajstić information content (AvgIpc) is 2.83. The lowest BCUT2D eigenvalue weighted by molar-refractivity contribution is 1.33. The van der Waals surface area contributed by atoms with Crippen molar-refractivity contribution in [1.29, 1.82) is 0 Å². The number of aliphatic imine (C=N–C) groups is 1. The Bertz CT molecular complexity index is 751. The smallest absolute Gasteiger partial charge is 0.0632 e. The predicted molar refractivity (Wildman–Crippen MR) is 81.5 cm³/mol. The molecule has 1 N–H and O–H groups in total. The van der Waals surface area contributed by atoms with Gasteiger partial charge in [-0.05, 0) is 43.2 Å². The summed E-state index contributed by atoms with van der Waals surface area (Å²) in [5.41, 5.74) is 5.82. The SMILES string of the molecule is Cc1ccc(N=Cc2c[nH]c3ccccc23)cc1C. The van der Waals surface area contributed by atoms with Gasteiger partial charge in [-0.3, -0.25) is 4.99 Å². The zero-order valence-electron chi connectivity index (χ0n) is 11.1. The van der Waals surface area contributed by atoms with Crippen LogP contribution >= 0.6 is 0 Å². The van der Waals surface area contributed by atoms with Crippen LogP contribution in [-0.4, -0.2) is 11.2 Å². The Morgan fingerprint density at radius 3 is 2.68 bits per heavy atom. The number of nitrogens with one attached hydrogen (secondary N) is 1. The summed E-state index contributed by atoms with van der Waals surface area (Å²) < 4.78 is 0. The standard InChI is InChI=1S/C17H16N2/c1-12-7-8-15(9-13(12)2)18-10-14-11-19-17-6-4-3-5-16(14)17/h3-11,19H,1-2H3. The third-order valence-corrected chi connectivity index (χ3v) is 3.46. The third kappa shape index (κ3) is 2.29. The van der Waals surface area contributed by atoms with Crippen molar-refractivity contribution in [3.63, 3.8) is 0 Å². The van der Waals surface area contributed by atoms with Gasteiger partial charge in [0.05, 0.1) is 5.69 Å². The molecule has 1 aromatic heterocycles. The number of fused-ring (bicyclic) bond motifs is 1. The summed E-state index contributed by atoms with van der Waals surface area (Å²) in [5.74, 6) is 0. The van der Waals surface area contributed by atoms with Crippen molar-refractivity contribution in [2.45, 2.75) is 13.8 Å². The molecule has 0 saturated carbocycles. The minimum atomic E-state index is 0.994. The van der Waals surface area contributed by atoms with Crippen LogP contribution in [0.15, 0.2) is 53.7 Å². The second kappa shape index (κ2) is 4.73. The van der Waals surface area contributed by atoms with E-state index in [9.17, 15) is 0 Å². The van der Waals surface area contributed by atoms with Crippen LogP contribution in [0.2, 0.25) is 0 Å². The Morgan fingerprint density at radius 1 is 1.00 bits per heavy atom. The highest BCUT2D eigenvalue weighted by Crippen LogP contribution is 2.19. The number of aromatic amines is 1. The van der Waals surface area contributed by atoms with Crippen molar-refractivity contribution in [3.8, 4) is 0 Å². The molecule has 0 unspecified atom stereocenters. The fourth-order valence-electron chi connectivity index (χ4n) is 2.15. The van der Waals surface area contributed by atoms with Crippen molar-refractivity contribution >= 4 is 22.8 Å². The third-order valence-electron chi connectivity index (χ3n) is 3.46. The first-order valence-electron chi connectivity index (χ1n) is 6.41. The van der Waals surface area contributed by atoms with Gasteiger partial charge in [0, 0.05) is 28.9 Å². The summed E-state index contributed by atoms with van der Waals surface area (Å²) in [6, 6.07) is 14.5. The molecule has 2 heteroatoms. The van der Waals surface area contributed by atoms with Gasteiger partial charge in [0.25, 0.3) is 0 Å². The Kier molecular flexibility index (Phi) is 2.92. The number of H-pyrrole nitrogens is 1. The zero-order valence-corrected chi connectivity index (χ0v) is 11.1. The Hall–Kier alpha value is -2.35. The van der Waals surface area contributed by atoms with Gasteiger partial charge in [0.2, 0.25) is 0 Å². The van der Waals surface area contributed by atoms with Gasteiger partial charge in [-0.15, -0.1) is 0 Å². The quantitative estimate of drug-likeness (QED) is 0.645. The minimum Gasteiger partial charge on any atom is -0.361 e. The van der Waals surface area contributed by atoms with E-state index in [-0.39, 0.29) is 0 Å². The van der Waals surface area contributed by atoms with E-state index in [0.717, 1.165) is 16.8 Å². The highest BCUT2D eigenvalue weighted by atomic mass is 14.7. The maximum absolute atomic E-state index is 4.56. The van der Waals surface area contributed by atoms with Gasteiger partial charge in [-0.2, -0.15) is 0 Å². The molecule has 0 aliphatic heterocycles. The summed E-state index contributed by atoms with van der Waals surface area (Å²) in [4.78, 5) is 7.81. The molecule has 2 nitrogen and oxygen atoms in total. The van der Waals surface area contributed by atoms with Crippen LogP contribution in [0.1, 0.15) is 16.7 Å². The van der Waals surface area contributed by atoms with Crippen molar-refractivity contribution in [3.05, 3.63) is 65.4 Å². The molecule has 0 amide bonds. The second-order valence-electron chi connectivity index (χ2n) is 4.82. The molecule has 2 aromatic carbocycles. The van der Waals surface area contributed by atoms with Crippen LogP contribution in [0.3, 0.4) is 0 Å². The molecule has 0 radical (unpaired) electrons. The predicted octanol–water partition coefficient (Wildman–Crippen LogP) is 4.54. The van der Waals surface area contributed by atoms with Gasteiger partial charge in [-0.25, -0.2) is 0 Å². The van der Waals surface area contributed by atoms with Crippen LogP contribution in [0.25, 0.3) is 10.9 Å². The first kappa shape index (κ1) is 11.7. The lowest BCUT2D eigenvalue weighted by Crippen LogP contribution is -1.80. The number of aromatic nitrogens is 1. The number of hydrogen-bond acceptors (Lipinski definition) is 1. The topological polar surface area (TPSA) is 28.1 Å². The van der Waals surface area contributed by atoms with Crippen LogP contribution in [-0.2, 0) is 0 Å². The molecule has 0 bridgehead atoms.